The Bertz CT molecular complexity index is 828. The molecule has 1 aromatic heterocycles. The Morgan fingerprint density at radius 3 is 2.63 bits per heavy atom. The average Bonchev–Trinajstić information content (AvgIpc) is 2.99. The fraction of sp³-hybridized carbons (Fsp3) is 0.412. The molecule has 27 heavy (non-hydrogen) atoms. The van der Waals surface area contributed by atoms with Crippen molar-refractivity contribution in [3.05, 3.63) is 45.0 Å². The Hall–Kier alpha value is -1.68. The maximum atomic E-state index is 12.6. The van der Waals surface area contributed by atoms with Gasteiger partial charge in [0, 0.05) is 29.2 Å². The van der Waals surface area contributed by atoms with Gasteiger partial charge in [0.25, 0.3) is 11.6 Å². The van der Waals surface area contributed by atoms with Gasteiger partial charge in [0.2, 0.25) is 0 Å². The van der Waals surface area contributed by atoms with E-state index in [1.807, 2.05) is 33.1 Å². The van der Waals surface area contributed by atoms with Crippen LogP contribution < -0.4 is 11.1 Å². The van der Waals surface area contributed by atoms with E-state index < -0.39 is 10.5 Å². The summed E-state index contributed by atoms with van der Waals surface area (Å²) in [7, 11) is 0. The Morgan fingerprint density at radius 1 is 1.48 bits per heavy atom. The van der Waals surface area contributed by atoms with Crippen LogP contribution in [0.4, 0.5) is 5.69 Å². The molecule has 2 rings (SSSR count). The molecule has 1 unspecified atom stereocenters. The van der Waals surface area contributed by atoms with Crippen LogP contribution >= 0.6 is 35.5 Å². The first kappa shape index (κ1) is 23.4. The van der Waals surface area contributed by atoms with E-state index in [4.69, 9.17) is 5.73 Å². The molecule has 1 aromatic carbocycles. The van der Waals surface area contributed by atoms with Gasteiger partial charge in [-0.25, -0.2) is 4.98 Å². The maximum absolute atomic E-state index is 12.6. The van der Waals surface area contributed by atoms with Crippen molar-refractivity contribution in [2.45, 2.75) is 42.5 Å². The molecule has 148 valence electrons. The molecule has 0 aliphatic carbocycles. The van der Waals surface area contributed by atoms with Gasteiger partial charge >= 0.3 is 0 Å². The molecule has 0 spiro atoms. The van der Waals surface area contributed by atoms with Gasteiger partial charge in [0.1, 0.15) is 0 Å². The molecule has 2 aromatic rings. The number of nitro benzene ring substituents is 1. The second kappa shape index (κ2) is 9.50. The van der Waals surface area contributed by atoms with E-state index in [0.29, 0.717) is 4.90 Å². The highest BCUT2D eigenvalue weighted by Crippen LogP contribution is 2.36. The third-order valence-corrected chi connectivity index (χ3v) is 6.43. The molecule has 10 heteroatoms. The van der Waals surface area contributed by atoms with Crippen LogP contribution in [0.25, 0.3) is 0 Å². The van der Waals surface area contributed by atoms with E-state index in [1.165, 1.54) is 29.2 Å². The van der Waals surface area contributed by atoms with E-state index in [2.05, 4.69) is 10.3 Å². The van der Waals surface area contributed by atoms with Crippen molar-refractivity contribution in [1.29, 1.82) is 0 Å². The first-order chi connectivity index (χ1) is 12.2. The summed E-state index contributed by atoms with van der Waals surface area (Å²) < 4.78 is 0.721. The normalized spacial score (nSPS) is 13.0. The highest BCUT2D eigenvalue weighted by Gasteiger charge is 2.29. The van der Waals surface area contributed by atoms with Gasteiger partial charge < -0.3 is 11.1 Å². The zero-order valence-electron chi connectivity index (χ0n) is 15.5. The van der Waals surface area contributed by atoms with Crippen LogP contribution in [0.15, 0.2) is 32.8 Å². The predicted molar refractivity (Wildman–Crippen MR) is 111 cm³/mol. The summed E-state index contributed by atoms with van der Waals surface area (Å²) in [6, 6.07) is 4.47. The molecule has 0 radical (unpaired) electrons. The molecule has 0 saturated carbocycles. The third kappa shape index (κ3) is 5.65. The van der Waals surface area contributed by atoms with Gasteiger partial charge in [-0.1, -0.05) is 25.6 Å². The fourth-order valence-electron chi connectivity index (χ4n) is 2.12. The van der Waals surface area contributed by atoms with E-state index in [0.717, 1.165) is 10.0 Å². The van der Waals surface area contributed by atoms with Gasteiger partial charge in [0.15, 0.2) is 4.34 Å². The Morgan fingerprint density at radius 2 is 2.15 bits per heavy atom. The minimum absolute atomic E-state index is 0. The van der Waals surface area contributed by atoms with Crippen LogP contribution in [0.5, 0.6) is 0 Å². The van der Waals surface area contributed by atoms with Crippen molar-refractivity contribution in [2.75, 3.05) is 6.54 Å². The van der Waals surface area contributed by atoms with E-state index in [-0.39, 0.29) is 42.0 Å². The molecule has 3 N–H and O–H groups in total. The van der Waals surface area contributed by atoms with Gasteiger partial charge in [0.05, 0.1) is 15.4 Å². The second-order valence-corrected chi connectivity index (χ2v) is 8.67. The summed E-state index contributed by atoms with van der Waals surface area (Å²) in [5.41, 5.74) is 6.19. The monoisotopic (exact) mass is 430 g/mol. The smallest absolute Gasteiger partial charge is 0.284 e. The second-order valence-electron chi connectivity index (χ2n) is 6.53. The number of carbonyl (C=O) groups is 1. The number of nitrogens with two attached hydrogens (primary N) is 1. The Labute approximate surface area is 172 Å². The van der Waals surface area contributed by atoms with E-state index in [9.17, 15) is 14.9 Å². The lowest BCUT2D eigenvalue weighted by Crippen LogP contribution is -2.55. The molecule has 0 bridgehead atoms. The van der Waals surface area contributed by atoms with Crippen LogP contribution in [0.3, 0.4) is 0 Å². The number of nitrogens with zero attached hydrogens (tertiary/aromatic N) is 2. The number of hydrogen-bond donors (Lipinski definition) is 2. The quantitative estimate of drug-likeness (QED) is 0.506. The molecule has 0 aliphatic rings. The van der Waals surface area contributed by atoms with Crippen molar-refractivity contribution in [3.8, 4) is 0 Å². The molecule has 0 fully saturated rings. The SMILES string of the molecule is Cc1csc(Sc2ccc(C(=O)NC(C)(CN)C(C)C)cc2[N+](=O)[O-])n1.Cl. The molecule has 1 amide bonds. The third-order valence-electron chi connectivity index (χ3n) is 4.31. The summed E-state index contributed by atoms with van der Waals surface area (Å²) >= 11 is 2.65. The number of benzene rings is 1. The lowest BCUT2D eigenvalue weighted by molar-refractivity contribution is -0.387. The highest BCUT2D eigenvalue weighted by atomic mass is 35.5. The fourth-order valence-corrected chi connectivity index (χ4v) is 4.00. The lowest BCUT2D eigenvalue weighted by atomic mass is 9.88. The minimum atomic E-state index is -0.586. The number of aromatic nitrogens is 1. The number of amides is 1. The molecule has 1 heterocycles. The molecule has 1 atom stereocenters. The number of aryl methyl sites for hydroxylation is 1. The predicted octanol–water partition coefficient (Wildman–Crippen LogP) is 4.04. The Balaban J connectivity index is 0.00000364. The largest absolute Gasteiger partial charge is 0.345 e. The summed E-state index contributed by atoms with van der Waals surface area (Å²) in [4.78, 5) is 28.3. The number of thiazole rings is 1. The molecule has 0 aliphatic heterocycles. The molecular formula is C17H23ClN4O3S2. The minimum Gasteiger partial charge on any atom is -0.345 e. The summed E-state index contributed by atoms with van der Waals surface area (Å²) in [5.74, 6) is -0.259. The standard InChI is InChI=1S/C17H22N4O3S2.ClH/c1-10(2)17(4,9-18)20-15(22)12-5-6-14(13(7-12)21(23)24)26-16-19-11(3)8-25-16;/h5-8,10H,9,18H2,1-4H3,(H,20,22);1H. The summed E-state index contributed by atoms with van der Waals surface area (Å²) in [6.07, 6.45) is 0. The molecule has 7 nitrogen and oxygen atoms in total. The van der Waals surface area contributed by atoms with Crippen LogP contribution in [-0.4, -0.2) is 27.9 Å². The van der Waals surface area contributed by atoms with Crippen molar-refractivity contribution in [3.63, 3.8) is 0 Å². The number of nitro groups is 1. The first-order valence-corrected chi connectivity index (χ1v) is 9.77. The summed E-state index contributed by atoms with van der Waals surface area (Å²) in [6.45, 7) is 7.93. The van der Waals surface area contributed by atoms with Crippen molar-refractivity contribution in [1.82, 2.24) is 10.3 Å². The molecule has 0 saturated heterocycles. The van der Waals surface area contributed by atoms with Gasteiger partial charge in [-0.05, 0) is 31.9 Å². The van der Waals surface area contributed by atoms with Crippen molar-refractivity contribution < 1.29 is 9.72 Å². The summed E-state index contributed by atoms with van der Waals surface area (Å²) in [5, 5.41) is 16.2. The van der Waals surface area contributed by atoms with Gasteiger partial charge in [-0.3, -0.25) is 14.9 Å². The lowest BCUT2D eigenvalue weighted by Gasteiger charge is -2.33. The average molecular weight is 431 g/mol. The Kier molecular flexibility index (Phi) is 8.22. The molecular weight excluding hydrogens is 408 g/mol. The maximum Gasteiger partial charge on any atom is 0.284 e. The van der Waals surface area contributed by atoms with Crippen LogP contribution in [0, 0.1) is 23.0 Å². The highest BCUT2D eigenvalue weighted by molar-refractivity contribution is 8.01. The number of carbonyl (C=O) groups excluding carboxylic acids is 1. The zero-order chi connectivity index (χ0) is 19.5. The first-order valence-electron chi connectivity index (χ1n) is 8.07. The van der Waals surface area contributed by atoms with Crippen molar-refractivity contribution >= 4 is 47.1 Å². The van der Waals surface area contributed by atoms with Crippen LogP contribution in [0.2, 0.25) is 0 Å². The van der Waals surface area contributed by atoms with Gasteiger partial charge in [-0.15, -0.1) is 23.7 Å². The zero-order valence-corrected chi connectivity index (χ0v) is 18.0. The van der Waals surface area contributed by atoms with Gasteiger partial charge in [-0.2, -0.15) is 0 Å². The van der Waals surface area contributed by atoms with Crippen molar-refractivity contribution in [2.24, 2.45) is 11.7 Å². The number of rotatable bonds is 7. The van der Waals surface area contributed by atoms with E-state index in [1.54, 1.807) is 12.1 Å². The van der Waals surface area contributed by atoms with Crippen LogP contribution in [-0.2, 0) is 0 Å². The van der Waals surface area contributed by atoms with Crippen LogP contribution in [0.1, 0.15) is 36.8 Å². The number of nitrogens with one attached hydrogen (secondary N) is 1. The number of halogens is 1. The topological polar surface area (TPSA) is 111 Å². The van der Waals surface area contributed by atoms with E-state index >= 15 is 0 Å². The number of hydrogen-bond acceptors (Lipinski definition) is 7.